The Balaban J connectivity index is 1.49. The van der Waals surface area contributed by atoms with E-state index in [9.17, 15) is 90.4 Å². The Morgan fingerprint density at radius 1 is 0.456 bits per heavy atom. The number of aliphatic carboxylic acids is 1. The van der Waals surface area contributed by atoms with Gasteiger partial charge in [-0.25, -0.2) is 24.0 Å². The van der Waals surface area contributed by atoms with E-state index in [1.165, 1.54) is 0 Å². The summed E-state index contributed by atoms with van der Waals surface area (Å²) in [5, 5.41) is 130. The molecule has 0 saturated heterocycles. The number of hydrogen-bond acceptors (Lipinski definition) is 21. The Bertz CT molecular complexity index is 2240. The minimum absolute atomic E-state index is 0.562. The van der Waals surface area contributed by atoms with Gasteiger partial charge in [0.05, 0.1) is 22.3 Å². The number of aromatic hydroxyl groups is 11. The van der Waals surface area contributed by atoms with Crippen molar-refractivity contribution < 1.29 is 109 Å². The summed E-state index contributed by atoms with van der Waals surface area (Å²) in [4.78, 5) is 64.8. The van der Waals surface area contributed by atoms with Crippen molar-refractivity contribution >= 4 is 29.8 Å². The molecule has 1 aliphatic rings. The van der Waals surface area contributed by atoms with Crippen LogP contribution in [0.1, 0.15) is 54.3 Å². The van der Waals surface area contributed by atoms with Crippen molar-refractivity contribution in [2.24, 2.45) is 0 Å². The molecule has 0 amide bonds. The molecule has 22 heteroatoms. The van der Waals surface area contributed by atoms with Crippen LogP contribution in [0.15, 0.2) is 48.5 Å². The second kappa shape index (κ2) is 15.0. The molecule has 0 spiro atoms. The second-order valence-electron chi connectivity index (χ2n) is 12.3. The Morgan fingerprint density at radius 2 is 0.737 bits per heavy atom. The molecule has 1 aliphatic carbocycles. The van der Waals surface area contributed by atoms with Gasteiger partial charge in [-0.1, -0.05) is 0 Å². The zero-order chi connectivity index (χ0) is 42.3. The van der Waals surface area contributed by atoms with E-state index in [-0.39, 0.29) is 0 Å². The number of carbonyl (C=O) groups excluding carboxylic acids is 4. The first-order chi connectivity index (χ1) is 26.6. The van der Waals surface area contributed by atoms with E-state index in [2.05, 4.69) is 0 Å². The average molecular weight is 801 g/mol. The van der Waals surface area contributed by atoms with E-state index in [4.69, 9.17) is 18.9 Å². The topological polar surface area (TPSA) is 385 Å². The highest BCUT2D eigenvalue weighted by Crippen LogP contribution is 2.42. The molecule has 5 rings (SSSR count). The molecule has 0 aliphatic heterocycles. The lowest BCUT2D eigenvalue weighted by Gasteiger charge is -2.42. The van der Waals surface area contributed by atoms with Crippen LogP contribution in [0.2, 0.25) is 0 Å². The minimum Gasteiger partial charge on any atom is -0.504 e. The van der Waals surface area contributed by atoms with Gasteiger partial charge in [0.25, 0.3) is 0 Å². The van der Waals surface area contributed by atoms with Crippen LogP contribution >= 0.6 is 0 Å². The molecule has 4 atom stereocenters. The lowest BCUT2D eigenvalue weighted by atomic mass is 9.79. The molecule has 0 radical (unpaired) electrons. The third kappa shape index (κ3) is 8.09. The van der Waals surface area contributed by atoms with Crippen molar-refractivity contribution in [1.82, 2.24) is 0 Å². The van der Waals surface area contributed by atoms with E-state index in [1.54, 1.807) is 0 Å². The molecule has 57 heavy (non-hydrogen) atoms. The van der Waals surface area contributed by atoms with E-state index < -0.39 is 158 Å². The number of aliphatic hydroxyl groups is 1. The minimum atomic E-state index is -2.94. The molecular formula is C35H28O22. The molecule has 4 aromatic carbocycles. The van der Waals surface area contributed by atoms with Crippen LogP contribution in [0.4, 0.5) is 0 Å². The highest BCUT2D eigenvalue weighted by molar-refractivity contribution is 5.95. The number of phenols is 11. The number of phenolic OH excluding ortho intramolecular Hbond substituents is 11. The molecule has 0 aromatic heterocycles. The van der Waals surface area contributed by atoms with Gasteiger partial charge in [-0.15, -0.1) is 0 Å². The SMILES string of the molecule is O=C(Oc1c(O)cc(C(=O)O[C@@H]2C[C@@](O)(C(=O)O)C[C@@H](OC(=O)c3cc(O)c(O)c(O)c3)[C@@H]2OC(=O)c2cc(O)c(O)c(O)c2)cc1O)c1cc(O)c(O)c(O)c1. The van der Waals surface area contributed by atoms with Gasteiger partial charge in [0.1, 0.15) is 12.2 Å². The van der Waals surface area contributed by atoms with E-state index >= 15 is 0 Å². The molecule has 0 bridgehead atoms. The largest absolute Gasteiger partial charge is 0.504 e. The Kier molecular flexibility index (Phi) is 10.6. The summed E-state index contributed by atoms with van der Waals surface area (Å²) in [6.45, 7) is 0. The van der Waals surface area contributed by atoms with Gasteiger partial charge < -0.3 is 85.3 Å². The van der Waals surface area contributed by atoms with E-state index in [0.717, 1.165) is 0 Å². The predicted molar refractivity (Wildman–Crippen MR) is 178 cm³/mol. The van der Waals surface area contributed by atoms with Gasteiger partial charge in [-0.05, 0) is 48.5 Å². The molecule has 0 heterocycles. The van der Waals surface area contributed by atoms with Crippen LogP contribution in [-0.2, 0) is 19.0 Å². The van der Waals surface area contributed by atoms with Gasteiger partial charge in [0, 0.05) is 12.8 Å². The fourth-order valence-electron chi connectivity index (χ4n) is 5.51. The smallest absolute Gasteiger partial charge is 0.344 e. The molecule has 300 valence electrons. The third-order valence-corrected chi connectivity index (χ3v) is 8.36. The van der Waals surface area contributed by atoms with Crippen molar-refractivity contribution in [2.45, 2.75) is 36.8 Å². The van der Waals surface area contributed by atoms with Gasteiger partial charge in [0.15, 0.2) is 74.9 Å². The summed E-state index contributed by atoms with van der Waals surface area (Å²) in [5.41, 5.74) is -5.64. The number of rotatable bonds is 9. The molecule has 1 fully saturated rings. The molecular weight excluding hydrogens is 772 g/mol. The van der Waals surface area contributed by atoms with Gasteiger partial charge >= 0.3 is 29.8 Å². The first-order valence-corrected chi connectivity index (χ1v) is 15.7. The predicted octanol–water partition coefficient (Wildman–Crippen LogP) is 1.25. The fraction of sp³-hybridized carbons (Fsp3) is 0.171. The Hall–Kier alpha value is -8.01. The van der Waals surface area contributed by atoms with Crippen molar-refractivity contribution in [3.63, 3.8) is 0 Å². The Morgan fingerprint density at radius 3 is 1.05 bits per heavy atom. The normalized spacial score (nSPS) is 18.9. The van der Waals surface area contributed by atoms with Crippen LogP contribution < -0.4 is 4.74 Å². The molecule has 13 N–H and O–H groups in total. The molecule has 22 nitrogen and oxygen atoms in total. The highest BCUT2D eigenvalue weighted by atomic mass is 16.6. The maximum atomic E-state index is 13.5. The van der Waals surface area contributed by atoms with E-state index in [1.807, 2.05) is 0 Å². The summed E-state index contributed by atoms with van der Waals surface area (Å²) in [6.07, 6.45) is -8.56. The summed E-state index contributed by atoms with van der Waals surface area (Å²) >= 11 is 0. The lowest BCUT2D eigenvalue weighted by molar-refractivity contribution is -0.188. The average Bonchev–Trinajstić information content (AvgIpc) is 3.13. The fourth-order valence-corrected chi connectivity index (χ4v) is 5.51. The number of hydrogen-bond donors (Lipinski definition) is 13. The second-order valence-corrected chi connectivity index (χ2v) is 12.3. The Labute approximate surface area is 315 Å². The monoisotopic (exact) mass is 800 g/mol. The van der Waals surface area contributed by atoms with Gasteiger partial charge in [-0.3, -0.25) is 0 Å². The van der Waals surface area contributed by atoms with Crippen molar-refractivity contribution in [3.05, 3.63) is 70.8 Å². The maximum Gasteiger partial charge on any atom is 0.344 e. The highest BCUT2D eigenvalue weighted by Gasteiger charge is 2.55. The summed E-state index contributed by atoms with van der Waals surface area (Å²) < 4.78 is 20.9. The first-order valence-electron chi connectivity index (χ1n) is 15.7. The number of carbonyl (C=O) groups is 5. The number of benzene rings is 4. The lowest BCUT2D eigenvalue weighted by Crippen LogP contribution is -2.59. The molecule has 4 aromatic rings. The van der Waals surface area contributed by atoms with E-state index in [0.29, 0.717) is 48.5 Å². The summed E-state index contributed by atoms with van der Waals surface area (Å²) in [5.74, 6) is -20.1. The number of ether oxygens (including phenoxy) is 4. The third-order valence-electron chi connectivity index (χ3n) is 8.36. The zero-order valence-corrected chi connectivity index (χ0v) is 28.3. The summed E-state index contributed by atoms with van der Waals surface area (Å²) in [7, 11) is 0. The summed E-state index contributed by atoms with van der Waals surface area (Å²) in [6, 6.07) is 4.92. The number of esters is 4. The first kappa shape index (κ1) is 40.2. The molecule has 1 saturated carbocycles. The number of carboxylic acid groups (broad SMARTS) is 1. The number of carboxylic acids is 1. The van der Waals surface area contributed by atoms with Crippen LogP contribution in [-0.4, -0.2) is 120 Å². The van der Waals surface area contributed by atoms with Crippen molar-refractivity contribution in [1.29, 1.82) is 0 Å². The maximum absolute atomic E-state index is 13.5. The standard InChI is InChI=1S/C35H28O22/c36-15-1-11(2-16(37)25(15)44)30(47)54-23-9-35(53,34(51)52)10-24(29(23)57-33(50)13-5-19(40)27(46)20(41)6-13)55-31(48)14-7-21(42)28(22(43)8-14)56-32(49)12-3-17(38)26(45)18(39)4-12/h1-8,23-24,29,36-46,53H,9-10H2,(H,51,52)/t23-,24-,29+,35-/m1/s1. The quantitative estimate of drug-likeness (QED) is 0.0490. The van der Waals surface area contributed by atoms with Crippen LogP contribution in [0.5, 0.6) is 69.0 Å². The van der Waals surface area contributed by atoms with Crippen LogP contribution in [0.25, 0.3) is 0 Å². The van der Waals surface area contributed by atoms with Crippen molar-refractivity contribution in [3.8, 4) is 69.0 Å². The van der Waals surface area contributed by atoms with Gasteiger partial charge in [0.2, 0.25) is 5.75 Å². The molecule has 0 unspecified atom stereocenters. The van der Waals surface area contributed by atoms with Crippen molar-refractivity contribution in [2.75, 3.05) is 0 Å². The van der Waals surface area contributed by atoms with Crippen LogP contribution in [0, 0.1) is 0 Å². The van der Waals surface area contributed by atoms with Crippen LogP contribution in [0.3, 0.4) is 0 Å². The van der Waals surface area contributed by atoms with Gasteiger partial charge in [-0.2, -0.15) is 0 Å². The zero-order valence-electron chi connectivity index (χ0n) is 28.3.